The third-order valence-electron chi connectivity index (χ3n) is 3.21. The minimum atomic E-state index is 0.00926. The first kappa shape index (κ1) is 7.56. The van der Waals surface area contributed by atoms with Gasteiger partial charge in [0, 0.05) is 18.6 Å². The van der Waals surface area contributed by atoms with E-state index in [9.17, 15) is 5.11 Å². The minimum Gasteiger partial charge on any atom is -0.393 e. The molecule has 11 heavy (non-hydrogen) atoms. The number of fused-ring (bicyclic) bond motifs is 2. The molecule has 0 amide bonds. The van der Waals surface area contributed by atoms with Gasteiger partial charge in [0.05, 0.1) is 6.10 Å². The molecule has 1 aliphatic carbocycles. The van der Waals surface area contributed by atoms with Crippen molar-refractivity contribution in [1.82, 2.24) is 4.90 Å². The van der Waals surface area contributed by atoms with Crippen LogP contribution < -0.4 is 0 Å². The van der Waals surface area contributed by atoms with Crippen molar-refractivity contribution in [3.8, 4) is 0 Å². The molecule has 2 rings (SSSR count). The van der Waals surface area contributed by atoms with Gasteiger partial charge in [0.2, 0.25) is 0 Å². The van der Waals surface area contributed by atoms with Crippen molar-refractivity contribution in [2.75, 3.05) is 6.54 Å². The Balaban J connectivity index is 2.02. The summed E-state index contributed by atoms with van der Waals surface area (Å²) < 4.78 is 0. The third kappa shape index (κ3) is 1.09. The SMILES string of the molecule is CC(C)N1C[C@H]2CC1C[C@H]2O. The summed E-state index contributed by atoms with van der Waals surface area (Å²) in [7, 11) is 0. The van der Waals surface area contributed by atoms with Gasteiger partial charge in [-0.25, -0.2) is 0 Å². The number of aliphatic hydroxyl groups excluding tert-OH is 1. The van der Waals surface area contributed by atoms with Gasteiger partial charge in [-0.05, 0) is 32.6 Å². The van der Waals surface area contributed by atoms with Crippen LogP contribution in [0.15, 0.2) is 0 Å². The van der Waals surface area contributed by atoms with E-state index >= 15 is 0 Å². The molecule has 1 N–H and O–H groups in total. The highest BCUT2D eigenvalue weighted by Gasteiger charge is 2.44. The fourth-order valence-corrected chi connectivity index (χ4v) is 2.59. The van der Waals surface area contributed by atoms with Crippen LogP contribution in [0.25, 0.3) is 0 Å². The zero-order valence-corrected chi connectivity index (χ0v) is 7.33. The molecular formula is C9H17NO. The van der Waals surface area contributed by atoms with Gasteiger partial charge in [0.1, 0.15) is 0 Å². The molecule has 0 aromatic rings. The topological polar surface area (TPSA) is 23.5 Å². The highest BCUT2D eigenvalue weighted by atomic mass is 16.3. The largest absolute Gasteiger partial charge is 0.393 e. The lowest BCUT2D eigenvalue weighted by Crippen LogP contribution is -2.41. The zero-order chi connectivity index (χ0) is 8.01. The molecule has 2 bridgehead atoms. The Kier molecular flexibility index (Phi) is 1.69. The first-order valence-electron chi connectivity index (χ1n) is 4.62. The van der Waals surface area contributed by atoms with E-state index in [1.165, 1.54) is 6.42 Å². The van der Waals surface area contributed by atoms with Crippen molar-refractivity contribution in [2.24, 2.45) is 5.92 Å². The maximum absolute atomic E-state index is 9.49. The quantitative estimate of drug-likeness (QED) is 0.607. The minimum absolute atomic E-state index is 0.00926. The Morgan fingerprint density at radius 1 is 1.36 bits per heavy atom. The van der Waals surface area contributed by atoms with Crippen LogP contribution in [0.3, 0.4) is 0 Å². The number of aliphatic hydroxyl groups is 1. The van der Waals surface area contributed by atoms with Crippen molar-refractivity contribution in [1.29, 1.82) is 0 Å². The highest BCUT2D eigenvalue weighted by molar-refractivity contribution is 4.98. The second kappa shape index (κ2) is 2.46. The Labute approximate surface area is 68.2 Å². The number of rotatable bonds is 1. The van der Waals surface area contributed by atoms with Gasteiger partial charge in [-0.1, -0.05) is 0 Å². The number of nitrogens with zero attached hydrogens (tertiary/aromatic N) is 1. The summed E-state index contributed by atoms with van der Waals surface area (Å²) in [6.45, 7) is 5.61. The summed E-state index contributed by atoms with van der Waals surface area (Å²) >= 11 is 0. The molecule has 2 fully saturated rings. The van der Waals surface area contributed by atoms with Crippen molar-refractivity contribution in [2.45, 2.75) is 44.9 Å². The molecule has 0 radical (unpaired) electrons. The van der Waals surface area contributed by atoms with Gasteiger partial charge in [0.25, 0.3) is 0 Å². The smallest absolute Gasteiger partial charge is 0.0596 e. The van der Waals surface area contributed by atoms with E-state index in [1.54, 1.807) is 0 Å². The normalized spacial score (nSPS) is 44.2. The van der Waals surface area contributed by atoms with Crippen molar-refractivity contribution in [3.63, 3.8) is 0 Å². The first-order chi connectivity index (χ1) is 5.18. The van der Waals surface area contributed by atoms with E-state index in [4.69, 9.17) is 0 Å². The second-order valence-corrected chi connectivity index (χ2v) is 4.24. The maximum atomic E-state index is 9.49. The predicted octanol–water partition coefficient (Wildman–Crippen LogP) is 0.850. The summed E-state index contributed by atoms with van der Waals surface area (Å²) in [6, 6.07) is 1.35. The van der Waals surface area contributed by atoms with Crippen LogP contribution in [-0.4, -0.2) is 34.7 Å². The van der Waals surface area contributed by atoms with Crippen molar-refractivity contribution >= 4 is 0 Å². The van der Waals surface area contributed by atoms with E-state index in [0.717, 1.165) is 13.0 Å². The molecule has 2 aliphatic rings. The van der Waals surface area contributed by atoms with E-state index in [0.29, 0.717) is 18.0 Å². The molecule has 0 spiro atoms. The lowest BCUT2D eigenvalue weighted by molar-refractivity contribution is 0.0612. The average molecular weight is 155 g/mol. The van der Waals surface area contributed by atoms with Crippen LogP contribution in [0.1, 0.15) is 26.7 Å². The average Bonchev–Trinajstić information content (AvgIpc) is 2.43. The molecule has 0 aromatic carbocycles. The summed E-state index contributed by atoms with van der Waals surface area (Å²) in [5, 5.41) is 9.49. The zero-order valence-electron chi connectivity index (χ0n) is 7.33. The fourth-order valence-electron chi connectivity index (χ4n) is 2.59. The monoisotopic (exact) mass is 155 g/mol. The summed E-state index contributed by atoms with van der Waals surface area (Å²) in [6.07, 6.45) is 2.26. The molecule has 1 saturated carbocycles. The Bertz CT molecular complexity index is 156. The molecule has 3 atom stereocenters. The Morgan fingerprint density at radius 3 is 2.45 bits per heavy atom. The maximum Gasteiger partial charge on any atom is 0.0596 e. The van der Waals surface area contributed by atoms with Gasteiger partial charge < -0.3 is 5.11 Å². The van der Waals surface area contributed by atoms with Crippen LogP contribution in [0.5, 0.6) is 0 Å². The van der Waals surface area contributed by atoms with E-state index < -0.39 is 0 Å². The molecular weight excluding hydrogens is 138 g/mol. The van der Waals surface area contributed by atoms with E-state index in [-0.39, 0.29) is 6.10 Å². The highest BCUT2D eigenvalue weighted by Crippen LogP contribution is 2.38. The van der Waals surface area contributed by atoms with Gasteiger partial charge in [-0.2, -0.15) is 0 Å². The molecule has 1 heterocycles. The van der Waals surface area contributed by atoms with Crippen molar-refractivity contribution < 1.29 is 5.11 Å². The molecule has 1 unspecified atom stereocenters. The molecule has 1 saturated heterocycles. The predicted molar refractivity (Wildman–Crippen MR) is 44.4 cm³/mol. The van der Waals surface area contributed by atoms with Gasteiger partial charge >= 0.3 is 0 Å². The molecule has 64 valence electrons. The van der Waals surface area contributed by atoms with E-state index in [1.807, 2.05) is 0 Å². The van der Waals surface area contributed by atoms with Crippen LogP contribution in [-0.2, 0) is 0 Å². The summed E-state index contributed by atoms with van der Waals surface area (Å²) in [5.41, 5.74) is 0. The summed E-state index contributed by atoms with van der Waals surface area (Å²) in [5.74, 6) is 0.586. The number of piperidine rings is 1. The first-order valence-corrected chi connectivity index (χ1v) is 4.62. The molecule has 0 aromatic heterocycles. The lowest BCUT2D eigenvalue weighted by Gasteiger charge is -2.32. The lowest BCUT2D eigenvalue weighted by atomic mass is 10.1. The molecule has 1 aliphatic heterocycles. The third-order valence-corrected chi connectivity index (χ3v) is 3.21. The van der Waals surface area contributed by atoms with E-state index in [2.05, 4.69) is 18.7 Å². The molecule has 2 heteroatoms. The van der Waals surface area contributed by atoms with Gasteiger partial charge in [-0.3, -0.25) is 4.90 Å². The Morgan fingerprint density at radius 2 is 2.09 bits per heavy atom. The summed E-state index contributed by atoms with van der Waals surface area (Å²) in [4.78, 5) is 2.53. The Hall–Kier alpha value is -0.0800. The van der Waals surface area contributed by atoms with Gasteiger partial charge in [-0.15, -0.1) is 0 Å². The van der Waals surface area contributed by atoms with Crippen LogP contribution >= 0.6 is 0 Å². The van der Waals surface area contributed by atoms with Crippen LogP contribution in [0, 0.1) is 5.92 Å². The second-order valence-electron chi connectivity index (χ2n) is 4.24. The van der Waals surface area contributed by atoms with Gasteiger partial charge in [0.15, 0.2) is 0 Å². The fraction of sp³-hybridized carbons (Fsp3) is 1.00. The van der Waals surface area contributed by atoms with Crippen LogP contribution in [0.4, 0.5) is 0 Å². The standard InChI is InChI=1S/C9H17NO/c1-6(2)10-5-7-3-8(10)4-9(7)11/h6-9,11H,3-5H2,1-2H3/t7-,8?,9-/m1/s1. The van der Waals surface area contributed by atoms with Crippen LogP contribution in [0.2, 0.25) is 0 Å². The van der Waals surface area contributed by atoms with Crippen molar-refractivity contribution in [3.05, 3.63) is 0 Å². The number of hydrogen-bond acceptors (Lipinski definition) is 2. The molecule has 2 nitrogen and oxygen atoms in total. The number of likely N-dealkylation sites (tertiary alicyclic amines) is 1. The number of hydrogen-bond donors (Lipinski definition) is 1.